The molecule has 1 heterocycles. The van der Waals surface area contributed by atoms with Crippen LogP contribution in [0, 0.1) is 5.82 Å². The molecule has 0 spiro atoms. The van der Waals surface area contributed by atoms with Crippen molar-refractivity contribution in [2.75, 3.05) is 0 Å². The molecule has 0 N–H and O–H groups in total. The summed E-state index contributed by atoms with van der Waals surface area (Å²) < 4.78 is 18.8. The van der Waals surface area contributed by atoms with E-state index in [0.29, 0.717) is 16.5 Å². The van der Waals surface area contributed by atoms with E-state index in [1.807, 2.05) is 0 Å². The van der Waals surface area contributed by atoms with Gasteiger partial charge in [0.15, 0.2) is 6.61 Å². The second-order valence-corrected chi connectivity index (χ2v) is 4.97. The highest BCUT2D eigenvalue weighted by Crippen LogP contribution is 2.20. The van der Waals surface area contributed by atoms with E-state index in [2.05, 4.69) is 15.4 Å². The fraction of sp³-hybridized carbons (Fsp3) is 0.0625. The van der Waals surface area contributed by atoms with Crippen LogP contribution in [0.3, 0.4) is 0 Å². The van der Waals surface area contributed by atoms with E-state index in [0.717, 1.165) is 5.56 Å². The molecule has 0 amide bonds. The zero-order valence-corrected chi connectivity index (χ0v) is 12.6. The number of nitrogens with zero attached hydrogens (tertiary/aromatic N) is 3. The van der Waals surface area contributed by atoms with Crippen molar-refractivity contribution in [2.24, 2.45) is 5.16 Å². The van der Waals surface area contributed by atoms with Crippen LogP contribution in [-0.2, 0) is 11.4 Å². The maximum atomic E-state index is 13.4. The Balaban J connectivity index is 1.59. The molecule has 1 aromatic heterocycles. The SMILES string of the molecule is Fc1ccccc1/C=N\OCc1nnc(-c2ccc(Cl)cc2)o1. The lowest BCUT2D eigenvalue weighted by atomic mass is 10.2. The Hall–Kier alpha value is -2.73. The van der Waals surface area contributed by atoms with Crippen LogP contribution in [0.25, 0.3) is 11.5 Å². The molecule has 0 fully saturated rings. The second-order valence-electron chi connectivity index (χ2n) is 4.54. The fourth-order valence-corrected chi connectivity index (χ4v) is 1.91. The van der Waals surface area contributed by atoms with Crippen molar-refractivity contribution < 1.29 is 13.6 Å². The second kappa shape index (κ2) is 7.02. The van der Waals surface area contributed by atoms with Crippen molar-refractivity contribution in [3.8, 4) is 11.5 Å². The van der Waals surface area contributed by atoms with Crippen LogP contribution in [0.4, 0.5) is 4.39 Å². The van der Waals surface area contributed by atoms with E-state index in [1.54, 1.807) is 42.5 Å². The molecule has 0 bridgehead atoms. The molecule has 3 rings (SSSR count). The molecular weight excluding hydrogens is 321 g/mol. The van der Waals surface area contributed by atoms with E-state index in [4.69, 9.17) is 20.9 Å². The van der Waals surface area contributed by atoms with Gasteiger partial charge in [-0.05, 0) is 30.3 Å². The van der Waals surface area contributed by atoms with Crippen molar-refractivity contribution in [3.05, 3.63) is 70.8 Å². The van der Waals surface area contributed by atoms with Crippen LogP contribution in [0.1, 0.15) is 11.5 Å². The molecule has 0 aliphatic carbocycles. The third-order valence-electron chi connectivity index (χ3n) is 2.92. The van der Waals surface area contributed by atoms with Crippen molar-refractivity contribution in [1.29, 1.82) is 0 Å². The molecule has 0 atom stereocenters. The summed E-state index contributed by atoms with van der Waals surface area (Å²) in [4.78, 5) is 5.03. The Bertz CT molecular complexity index is 818. The molecule has 0 aliphatic heterocycles. The summed E-state index contributed by atoms with van der Waals surface area (Å²) in [6.07, 6.45) is 1.28. The van der Waals surface area contributed by atoms with E-state index in [1.165, 1.54) is 12.3 Å². The lowest BCUT2D eigenvalue weighted by Crippen LogP contribution is -1.90. The lowest BCUT2D eigenvalue weighted by Gasteiger charge is -1.96. The summed E-state index contributed by atoms with van der Waals surface area (Å²) in [6, 6.07) is 13.3. The molecular formula is C16H11ClFN3O2. The maximum Gasteiger partial charge on any atom is 0.257 e. The topological polar surface area (TPSA) is 60.5 Å². The Kier molecular flexibility index (Phi) is 4.63. The van der Waals surface area contributed by atoms with Gasteiger partial charge in [0.05, 0.1) is 6.21 Å². The number of hydrogen-bond donors (Lipinski definition) is 0. The summed E-state index contributed by atoms with van der Waals surface area (Å²) in [5, 5.41) is 12.1. The van der Waals surface area contributed by atoms with E-state index < -0.39 is 0 Å². The van der Waals surface area contributed by atoms with E-state index in [9.17, 15) is 4.39 Å². The first kappa shape index (κ1) is 15.2. The molecule has 0 saturated carbocycles. The predicted molar refractivity (Wildman–Crippen MR) is 83.5 cm³/mol. The van der Waals surface area contributed by atoms with Gasteiger partial charge in [0, 0.05) is 16.1 Å². The average Bonchev–Trinajstić information content (AvgIpc) is 3.03. The van der Waals surface area contributed by atoms with E-state index in [-0.39, 0.29) is 18.3 Å². The normalized spacial score (nSPS) is 11.0. The highest BCUT2D eigenvalue weighted by Gasteiger charge is 2.08. The van der Waals surface area contributed by atoms with Crippen molar-refractivity contribution in [3.63, 3.8) is 0 Å². The quantitative estimate of drug-likeness (QED) is 0.522. The number of rotatable bonds is 5. The molecule has 23 heavy (non-hydrogen) atoms. The van der Waals surface area contributed by atoms with Crippen LogP contribution in [-0.4, -0.2) is 16.4 Å². The molecule has 0 aliphatic rings. The summed E-state index contributed by atoms with van der Waals surface area (Å²) in [5.41, 5.74) is 1.09. The van der Waals surface area contributed by atoms with Gasteiger partial charge in [0.25, 0.3) is 5.89 Å². The lowest BCUT2D eigenvalue weighted by molar-refractivity contribution is 0.112. The molecule has 0 saturated heterocycles. The summed E-state index contributed by atoms with van der Waals surface area (Å²) in [6.45, 7) is -0.00839. The number of hydrogen-bond acceptors (Lipinski definition) is 5. The molecule has 7 heteroatoms. The van der Waals surface area contributed by atoms with Gasteiger partial charge in [0.2, 0.25) is 5.89 Å². The monoisotopic (exact) mass is 331 g/mol. The van der Waals surface area contributed by atoms with Crippen LogP contribution in [0.15, 0.2) is 58.1 Å². The zero-order valence-electron chi connectivity index (χ0n) is 11.8. The average molecular weight is 332 g/mol. The van der Waals surface area contributed by atoms with Crippen LogP contribution in [0.2, 0.25) is 5.02 Å². The Morgan fingerprint density at radius 2 is 1.91 bits per heavy atom. The zero-order chi connectivity index (χ0) is 16.1. The van der Waals surface area contributed by atoms with Gasteiger partial charge in [-0.2, -0.15) is 0 Å². The standard InChI is InChI=1S/C16H11ClFN3O2/c17-13-7-5-11(6-8-13)16-21-20-15(23-16)10-22-19-9-12-3-1-2-4-14(12)18/h1-9H,10H2/b19-9-. The minimum atomic E-state index is -0.373. The van der Waals surface area contributed by atoms with E-state index >= 15 is 0 Å². The van der Waals surface area contributed by atoms with Crippen LogP contribution >= 0.6 is 11.6 Å². The highest BCUT2D eigenvalue weighted by molar-refractivity contribution is 6.30. The van der Waals surface area contributed by atoms with Gasteiger partial charge >= 0.3 is 0 Å². The summed E-state index contributed by atoms with van der Waals surface area (Å²) in [7, 11) is 0. The van der Waals surface area contributed by atoms with Crippen molar-refractivity contribution in [2.45, 2.75) is 6.61 Å². The third kappa shape index (κ3) is 3.92. The number of aromatic nitrogens is 2. The molecule has 2 aromatic carbocycles. The van der Waals surface area contributed by atoms with Crippen molar-refractivity contribution >= 4 is 17.8 Å². The third-order valence-corrected chi connectivity index (χ3v) is 3.17. The Morgan fingerprint density at radius 3 is 2.70 bits per heavy atom. The minimum absolute atomic E-state index is 0.00839. The van der Waals surface area contributed by atoms with Gasteiger partial charge in [0.1, 0.15) is 5.82 Å². The van der Waals surface area contributed by atoms with Gasteiger partial charge in [-0.15, -0.1) is 10.2 Å². The summed E-state index contributed by atoms with van der Waals surface area (Å²) >= 11 is 5.82. The Morgan fingerprint density at radius 1 is 1.13 bits per heavy atom. The fourth-order valence-electron chi connectivity index (χ4n) is 1.79. The van der Waals surface area contributed by atoms with Gasteiger partial charge in [-0.3, -0.25) is 0 Å². The number of halogens is 2. The highest BCUT2D eigenvalue weighted by atomic mass is 35.5. The smallest absolute Gasteiger partial charge is 0.257 e. The van der Waals surface area contributed by atoms with Gasteiger partial charge in [-0.25, -0.2) is 4.39 Å². The van der Waals surface area contributed by atoms with Crippen molar-refractivity contribution in [1.82, 2.24) is 10.2 Å². The largest absolute Gasteiger partial charge is 0.417 e. The molecule has 5 nitrogen and oxygen atoms in total. The molecule has 3 aromatic rings. The predicted octanol–water partition coefficient (Wildman–Crippen LogP) is 4.08. The maximum absolute atomic E-state index is 13.4. The van der Waals surface area contributed by atoms with Gasteiger partial charge in [-0.1, -0.05) is 35.0 Å². The number of oxime groups is 1. The first-order valence-corrected chi connectivity index (χ1v) is 7.08. The first-order chi connectivity index (χ1) is 11.2. The van der Waals surface area contributed by atoms with Gasteiger partial charge < -0.3 is 9.25 Å². The molecule has 0 radical (unpaired) electrons. The summed E-state index contributed by atoms with van der Waals surface area (Å²) in [5.74, 6) is 0.252. The molecule has 116 valence electrons. The van der Waals surface area contributed by atoms with Crippen LogP contribution < -0.4 is 0 Å². The molecule has 0 unspecified atom stereocenters. The Labute approximate surface area is 136 Å². The number of benzene rings is 2. The first-order valence-electron chi connectivity index (χ1n) is 6.70. The van der Waals surface area contributed by atoms with Crippen LogP contribution in [0.5, 0.6) is 0 Å². The minimum Gasteiger partial charge on any atom is -0.417 e.